The largest absolute Gasteiger partial charge is 0.493 e. The fourth-order valence-corrected chi connectivity index (χ4v) is 5.80. The summed E-state index contributed by atoms with van der Waals surface area (Å²) in [4.78, 5) is 29.3. The van der Waals surface area contributed by atoms with Gasteiger partial charge in [-0.1, -0.05) is 17.7 Å². The van der Waals surface area contributed by atoms with Crippen molar-refractivity contribution in [1.82, 2.24) is 10.6 Å². The van der Waals surface area contributed by atoms with Crippen LogP contribution in [-0.4, -0.2) is 51.0 Å². The molecule has 13 heteroatoms. The molecule has 1 heterocycles. The van der Waals surface area contributed by atoms with Gasteiger partial charge in [0.2, 0.25) is 0 Å². The van der Waals surface area contributed by atoms with E-state index in [1.807, 2.05) is 18.2 Å². The third-order valence-corrected chi connectivity index (χ3v) is 7.94. The van der Waals surface area contributed by atoms with Crippen molar-refractivity contribution in [3.8, 4) is 11.5 Å². The summed E-state index contributed by atoms with van der Waals surface area (Å²) in [6.45, 7) is 2.11. The van der Waals surface area contributed by atoms with Crippen LogP contribution in [-0.2, 0) is 16.1 Å². The number of urea groups is 1. The van der Waals surface area contributed by atoms with Gasteiger partial charge < -0.3 is 24.9 Å². The van der Waals surface area contributed by atoms with Crippen LogP contribution in [0.1, 0.15) is 36.8 Å². The highest BCUT2D eigenvalue weighted by Gasteiger charge is 2.48. The molecule has 3 atom stereocenters. The molecule has 1 saturated carbocycles. The molecule has 0 bridgehead atoms. The first kappa shape index (κ1) is 29.7. The van der Waals surface area contributed by atoms with Crippen molar-refractivity contribution in [1.29, 1.82) is 0 Å². The summed E-state index contributed by atoms with van der Waals surface area (Å²) in [6.07, 6.45) is -1.95. The number of methoxy groups -OCH3 is 2. The summed E-state index contributed by atoms with van der Waals surface area (Å²) < 4.78 is 63.7. The van der Waals surface area contributed by atoms with Crippen LogP contribution >= 0.6 is 11.6 Å². The number of anilines is 1. The van der Waals surface area contributed by atoms with Crippen molar-refractivity contribution < 1.29 is 41.5 Å². The number of nitrogens with one attached hydrogen (secondary N) is 2. The summed E-state index contributed by atoms with van der Waals surface area (Å²) in [5.41, 5.74) is 0.572. The predicted octanol–water partition coefficient (Wildman–Crippen LogP) is 5.48. The Morgan fingerprint density at radius 3 is 2.55 bits per heavy atom. The van der Waals surface area contributed by atoms with Crippen molar-refractivity contribution in [2.75, 3.05) is 25.8 Å². The molecule has 2 amide bonds. The molecule has 0 spiro atoms. The van der Waals surface area contributed by atoms with Crippen molar-refractivity contribution in [2.24, 2.45) is 5.41 Å². The Labute approximate surface area is 233 Å². The first-order valence-corrected chi connectivity index (χ1v) is 13.0. The Morgan fingerprint density at radius 2 is 1.88 bits per heavy atom. The fraction of sp³-hybridized carbons (Fsp3) is 0.481. The number of hydroxylamine groups is 1. The molecule has 2 aromatic rings. The molecule has 1 saturated heterocycles. The number of nitrogens with zero attached hydrogens (tertiary/aromatic N) is 1. The van der Waals surface area contributed by atoms with Crippen molar-refractivity contribution in [2.45, 2.75) is 57.3 Å². The van der Waals surface area contributed by atoms with Crippen LogP contribution in [0.4, 0.5) is 28.0 Å². The van der Waals surface area contributed by atoms with Crippen molar-refractivity contribution in [3.63, 3.8) is 0 Å². The Kier molecular flexibility index (Phi) is 8.69. The number of aryl methyl sites for hydroxylation is 1. The summed E-state index contributed by atoms with van der Waals surface area (Å²) in [6, 6.07) is 6.11. The number of ether oxygens (including phenoxy) is 2. The molecule has 40 heavy (non-hydrogen) atoms. The van der Waals surface area contributed by atoms with E-state index in [0.29, 0.717) is 24.3 Å². The number of fused-ring (bicyclic) bond motifs is 1. The number of benzene rings is 2. The van der Waals surface area contributed by atoms with Crippen LogP contribution in [0.3, 0.4) is 0 Å². The maximum Gasteiger partial charge on any atom is 0.493 e. The van der Waals surface area contributed by atoms with Crippen molar-refractivity contribution in [3.05, 3.63) is 52.3 Å². The minimum Gasteiger partial charge on any atom is -0.493 e. The topological polar surface area (TPSA) is 89.1 Å². The highest BCUT2D eigenvalue weighted by atomic mass is 35.5. The number of amides is 2. The van der Waals surface area contributed by atoms with Crippen LogP contribution in [0.15, 0.2) is 30.3 Å². The molecule has 1 aliphatic heterocycles. The number of carbonyl (C=O) groups is 2. The molecule has 218 valence electrons. The number of carbonyl (C=O) groups excluding carboxylic acids is 2. The van der Waals surface area contributed by atoms with Crippen LogP contribution in [0.5, 0.6) is 11.5 Å². The van der Waals surface area contributed by atoms with Gasteiger partial charge in [-0.25, -0.2) is 14.0 Å². The molecule has 0 radical (unpaired) electrons. The Bertz CT molecular complexity index is 1280. The van der Waals surface area contributed by atoms with Gasteiger partial charge >= 0.3 is 18.2 Å². The van der Waals surface area contributed by atoms with E-state index in [1.165, 1.54) is 6.92 Å². The van der Waals surface area contributed by atoms with Gasteiger partial charge in [-0.15, -0.1) is 5.06 Å². The summed E-state index contributed by atoms with van der Waals surface area (Å²) in [7, 11) is 3.14. The molecule has 0 aromatic heterocycles. The van der Waals surface area contributed by atoms with E-state index in [0.717, 1.165) is 43.5 Å². The Hall–Kier alpha value is -3.25. The molecule has 0 unspecified atom stereocenters. The Balaban J connectivity index is 1.51. The first-order valence-electron chi connectivity index (χ1n) is 12.7. The van der Waals surface area contributed by atoms with Crippen LogP contribution in [0.2, 0.25) is 5.02 Å². The van der Waals surface area contributed by atoms with E-state index >= 15 is 0 Å². The average Bonchev–Trinajstić information content (AvgIpc) is 3.31. The summed E-state index contributed by atoms with van der Waals surface area (Å²) in [5.74, 6) is -2.09. The monoisotopic (exact) mass is 587 g/mol. The molecule has 2 aromatic carbocycles. The number of rotatable bonds is 6. The predicted molar refractivity (Wildman–Crippen MR) is 139 cm³/mol. The number of alkyl halides is 3. The van der Waals surface area contributed by atoms with Gasteiger partial charge in [0.15, 0.2) is 11.5 Å². The quantitative estimate of drug-likeness (QED) is 0.343. The van der Waals surface area contributed by atoms with Gasteiger partial charge in [-0.05, 0) is 86.4 Å². The van der Waals surface area contributed by atoms with E-state index in [4.69, 9.17) is 21.1 Å². The Morgan fingerprint density at radius 1 is 1.15 bits per heavy atom. The van der Waals surface area contributed by atoms with E-state index in [2.05, 4.69) is 15.5 Å². The van der Waals surface area contributed by atoms with Gasteiger partial charge in [0.1, 0.15) is 11.5 Å². The lowest BCUT2D eigenvalue weighted by Crippen LogP contribution is -2.53. The minimum atomic E-state index is -5.37. The van der Waals surface area contributed by atoms with Gasteiger partial charge in [0.25, 0.3) is 0 Å². The van der Waals surface area contributed by atoms with Gasteiger partial charge in [-0.2, -0.15) is 13.2 Å². The second kappa shape index (κ2) is 11.7. The molecule has 2 aliphatic rings. The minimum absolute atomic E-state index is 0.00646. The van der Waals surface area contributed by atoms with Gasteiger partial charge in [-0.3, -0.25) is 0 Å². The molecule has 2 fully saturated rings. The maximum atomic E-state index is 13.9. The highest BCUT2D eigenvalue weighted by Crippen LogP contribution is 2.46. The third kappa shape index (κ3) is 6.22. The van der Waals surface area contributed by atoms with E-state index in [1.54, 1.807) is 14.2 Å². The zero-order chi connectivity index (χ0) is 29.2. The fourth-order valence-electron chi connectivity index (χ4n) is 5.58. The molecule has 4 rings (SSSR count). The zero-order valence-corrected chi connectivity index (χ0v) is 22.9. The van der Waals surface area contributed by atoms with Crippen molar-refractivity contribution >= 4 is 29.3 Å². The average molecular weight is 588 g/mol. The molecule has 8 nitrogen and oxygen atoms in total. The van der Waals surface area contributed by atoms with Crippen LogP contribution in [0, 0.1) is 18.2 Å². The second-order valence-electron chi connectivity index (χ2n) is 10.1. The maximum absolute atomic E-state index is 13.9. The molecule has 2 N–H and O–H groups in total. The number of halogens is 5. The van der Waals surface area contributed by atoms with Gasteiger partial charge in [0, 0.05) is 12.1 Å². The lowest BCUT2D eigenvalue weighted by atomic mass is 9.66. The van der Waals surface area contributed by atoms with Crippen LogP contribution in [0.25, 0.3) is 0 Å². The summed E-state index contributed by atoms with van der Waals surface area (Å²) in [5, 5.41) is 5.91. The van der Waals surface area contributed by atoms with Gasteiger partial charge in [0.05, 0.1) is 19.2 Å². The molecular weight excluding hydrogens is 558 g/mol. The molecule has 1 aliphatic carbocycles. The summed E-state index contributed by atoms with van der Waals surface area (Å²) >= 11 is 6.03. The number of hydrogen-bond donors (Lipinski definition) is 2. The lowest BCUT2D eigenvalue weighted by molar-refractivity contribution is -0.199. The smallest absolute Gasteiger partial charge is 0.493 e. The first-order chi connectivity index (χ1) is 18.9. The second-order valence-corrected chi connectivity index (χ2v) is 10.5. The van der Waals surface area contributed by atoms with E-state index < -0.39 is 40.7 Å². The zero-order valence-electron chi connectivity index (χ0n) is 22.2. The normalized spacial score (nSPS) is 22.3. The van der Waals surface area contributed by atoms with E-state index in [-0.39, 0.29) is 22.1 Å². The number of hydrogen-bond acceptors (Lipinski definition) is 6. The standard InChI is InChI=1S/C27H30ClF4N3O5/c1-15-10-20(18(28)13-19(15)29)35(40-24(36)27(30,31)32)25(37)34-17-6-7-26(8-9-33-23(26)12-17)14-16-4-5-21(38-2)22(11-16)39-3/h4-5,10-11,13,17,23,33H,6-9,12,14H2,1-3H3,(H,34,37)/t17-,23+,26-/m1/s1. The van der Waals surface area contributed by atoms with Crippen LogP contribution < -0.4 is 25.2 Å². The van der Waals surface area contributed by atoms with E-state index in [9.17, 15) is 27.2 Å². The molecular formula is C27H30ClF4N3O5. The lowest BCUT2D eigenvalue weighted by Gasteiger charge is -2.43. The highest BCUT2D eigenvalue weighted by molar-refractivity contribution is 6.33. The third-order valence-electron chi connectivity index (χ3n) is 7.63. The SMILES string of the molecule is COc1ccc(C[C@@]23CCN[C@H]2C[C@H](NC(=O)N(OC(=O)C(F)(F)F)c2cc(C)c(F)cc2Cl)CC3)cc1OC.